The van der Waals surface area contributed by atoms with Gasteiger partial charge in [0.05, 0.1) is 5.60 Å². The number of carbonyl (C=O) groups is 1. The van der Waals surface area contributed by atoms with Crippen molar-refractivity contribution in [1.82, 2.24) is 10.2 Å². The van der Waals surface area contributed by atoms with Gasteiger partial charge in [-0.15, -0.1) is 0 Å². The molecule has 5 heteroatoms. The standard InChI is InChI=1S/C21H34N2O3/c24-19-20(25,4-1-5-23(19)11-14-2-3-14)12-22-13-21(26)17-7-15-6-16(9-17)10-18(21)8-15/h14-18,22,25-26H,1-13H2/t15?,16?,17?,18?,20-,21?/m0/s1. The lowest BCUT2D eigenvalue weighted by molar-refractivity contribution is -0.173. The van der Waals surface area contributed by atoms with Crippen LogP contribution in [0, 0.1) is 29.6 Å². The average molecular weight is 363 g/mol. The van der Waals surface area contributed by atoms with E-state index in [4.69, 9.17) is 0 Å². The molecule has 26 heavy (non-hydrogen) atoms. The van der Waals surface area contributed by atoms with Gasteiger partial charge in [-0.2, -0.15) is 0 Å². The van der Waals surface area contributed by atoms with Crippen LogP contribution in [0.2, 0.25) is 0 Å². The number of aliphatic hydroxyl groups is 2. The molecular weight excluding hydrogens is 328 g/mol. The fourth-order valence-electron chi connectivity index (χ4n) is 6.77. The third kappa shape index (κ3) is 2.91. The van der Waals surface area contributed by atoms with Crippen molar-refractivity contribution >= 4 is 5.91 Å². The minimum atomic E-state index is -1.28. The van der Waals surface area contributed by atoms with Crippen LogP contribution in [0.5, 0.6) is 0 Å². The number of nitrogens with one attached hydrogen (secondary N) is 1. The van der Waals surface area contributed by atoms with E-state index in [0.29, 0.717) is 30.7 Å². The summed E-state index contributed by atoms with van der Waals surface area (Å²) in [5.74, 6) is 3.04. The first-order valence-electron chi connectivity index (χ1n) is 10.9. The van der Waals surface area contributed by atoms with Gasteiger partial charge in [-0.1, -0.05) is 0 Å². The Morgan fingerprint density at radius 2 is 1.65 bits per heavy atom. The maximum Gasteiger partial charge on any atom is 0.255 e. The monoisotopic (exact) mass is 362 g/mol. The zero-order chi connectivity index (χ0) is 17.9. The summed E-state index contributed by atoms with van der Waals surface area (Å²) in [5, 5.41) is 25.7. The predicted molar refractivity (Wildman–Crippen MR) is 98.4 cm³/mol. The van der Waals surface area contributed by atoms with Crippen molar-refractivity contribution in [3.8, 4) is 0 Å². The molecule has 0 aromatic carbocycles. The van der Waals surface area contributed by atoms with Crippen molar-refractivity contribution in [3.05, 3.63) is 0 Å². The van der Waals surface area contributed by atoms with Crippen LogP contribution in [-0.2, 0) is 4.79 Å². The van der Waals surface area contributed by atoms with Gasteiger partial charge in [0.15, 0.2) is 5.60 Å². The van der Waals surface area contributed by atoms with E-state index in [9.17, 15) is 15.0 Å². The molecule has 4 bridgehead atoms. The normalized spacial score (nSPS) is 47.6. The number of hydrogen-bond donors (Lipinski definition) is 3. The van der Waals surface area contributed by atoms with Crippen LogP contribution in [0.3, 0.4) is 0 Å². The lowest BCUT2D eigenvalue weighted by atomic mass is 9.50. The van der Waals surface area contributed by atoms with Crippen molar-refractivity contribution in [3.63, 3.8) is 0 Å². The topological polar surface area (TPSA) is 72.8 Å². The van der Waals surface area contributed by atoms with Gasteiger partial charge in [0.25, 0.3) is 5.91 Å². The van der Waals surface area contributed by atoms with Gasteiger partial charge >= 0.3 is 0 Å². The number of rotatable bonds is 6. The van der Waals surface area contributed by atoms with Gasteiger partial charge in [-0.3, -0.25) is 4.79 Å². The molecule has 3 N–H and O–H groups in total. The number of carbonyl (C=O) groups excluding carboxylic acids is 1. The molecule has 0 aromatic rings. The van der Waals surface area contributed by atoms with Gasteiger partial charge in [-0.05, 0) is 87.4 Å². The average Bonchev–Trinajstić information content (AvgIpc) is 3.41. The van der Waals surface area contributed by atoms with Crippen molar-refractivity contribution in [2.24, 2.45) is 29.6 Å². The van der Waals surface area contributed by atoms with Gasteiger partial charge in [0.1, 0.15) is 0 Å². The van der Waals surface area contributed by atoms with Gasteiger partial charge in [0, 0.05) is 26.2 Å². The lowest BCUT2D eigenvalue weighted by Gasteiger charge is -2.59. The molecule has 5 saturated carbocycles. The Hall–Kier alpha value is -0.650. The zero-order valence-electron chi connectivity index (χ0n) is 15.8. The maximum atomic E-state index is 12.8. The fourth-order valence-corrected chi connectivity index (χ4v) is 6.77. The summed E-state index contributed by atoms with van der Waals surface area (Å²) in [6, 6.07) is 0. The van der Waals surface area contributed by atoms with Gasteiger partial charge in [-0.25, -0.2) is 0 Å². The quantitative estimate of drug-likeness (QED) is 0.670. The van der Waals surface area contributed by atoms with E-state index in [2.05, 4.69) is 5.32 Å². The van der Waals surface area contributed by atoms with Crippen molar-refractivity contribution in [1.29, 1.82) is 0 Å². The molecule has 6 rings (SSSR count). The van der Waals surface area contributed by atoms with Crippen LogP contribution >= 0.6 is 0 Å². The van der Waals surface area contributed by atoms with Crippen molar-refractivity contribution in [2.75, 3.05) is 26.2 Å². The van der Waals surface area contributed by atoms with E-state index in [-0.39, 0.29) is 12.5 Å². The van der Waals surface area contributed by atoms with Crippen LogP contribution < -0.4 is 5.32 Å². The molecule has 5 nitrogen and oxygen atoms in total. The maximum absolute atomic E-state index is 12.8. The first-order valence-corrected chi connectivity index (χ1v) is 10.9. The predicted octanol–water partition coefficient (Wildman–Crippen LogP) is 1.53. The van der Waals surface area contributed by atoms with E-state index < -0.39 is 11.2 Å². The van der Waals surface area contributed by atoms with E-state index in [1.54, 1.807) is 0 Å². The molecule has 0 spiro atoms. The van der Waals surface area contributed by atoms with Crippen LogP contribution in [0.15, 0.2) is 0 Å². The molecule has 0 aromatic heterocycles. The molecule has 146 valence electrons. The van der Waals surface area contributed by atoms with E-state index in [1.165, 1.54) is 44.9 Å². The van der Waals surface area contributed by atoms with E-state index >= 15 is 0 Å². The fraction of sp³-hybridized carbons (Fsp3) is 0.952. The van der Waals surface area contributed by atoms with Crippen LogP contribution in [0.25, 0.3) is 0 Å². The summed E-state index contributed by atoms with van der Waals surface area (Å²) < 4.78 is 0. The molecule has 1 saturated heterocycles. The molecule has 0 radical (unpaired) electrons. The second-order valence-corrected chi connectivity index (χ2v) is 10.2. The zero-order valence-corrected chi connectivity index (χ0v) is 15.8. The Balaban J connectivity index is 1.20. The van der Waals surface area contributed by atoms with Crippen LogP contribution in [-0.4, -0.2) is 58.4 Å². The highest BCUT2D eigenvalue weighted by Crippen LogP contribution is 2.58. The summed E-state index contributed by atoms with van der Waals surface area (Å²) in [6.45, 7) is 2.41. The molecule has 0 unspecified atom stereocenters. The largest absolute Gasteiger partial charge is 0.388 e. The summed E-state index contributed by atoms with van der Waals surface area (Å²) in [6.07, 6.45) is 9.91. The first-order chi connectivity index (χ1) is 12.5. The number of likely N-dealkylation sites (tertiary alicyclic amines) is 1. The third-order valence-electron chi connectivity index (χ3n) is 8.26. The minimum Gasteiger partial charge on any atom is -0.388 e. The highest BCUT2D eigenvalue weighted by Gasteiger charge is 2.56. The van der Waals surface area contributed by atoms with E-state index in [1.807, 2.05) is 4.90 Å². The summed E-state index contributed by atoms with van der Waals surface area (Å²) >= 11 is 0. The van der Waals surface area contributed by atoms with Crippen molar-refractivity contribution in [2.45, 2.75) is 69.0 Å². The molecule has 6 aliphatic rings. The first kappa shape index (κ1) is 17.4. The number of piperidine rings is 1. The number of nitrogens with zero attached hydrogens (tertiary/aromatic N) is 1. The molecular formula is C21H34N2O3. The Morgan fingerprint density at radius 3 is 2.27 bits per heavy atom. The van der Waals surface area contributed by atoms with E-state index in [0.717, 1.165) is 31.3 Å². The van der Waals surface area contributed by atoms with Crippen LogP contribution in [0.1, 0.15) is 57.8 Å². The summed E-state index contributed by atoms with van der Waals surface area (Å²) in [4.78, 5) is 14.7. The number of hydrogen-bond acceptors (Lipinski definition) is 4. The van der Waals surface area contributed by atoms with Gasteiger partial charge < -0.3 is 20.4 Å². The molecule has 5 aliphatic carbocycles. The minimum absolute atomic E-state index is 0.0970. The van der Waals surface area contributed by atoms with Crippen LogP contribution in [0.4, 0.5) is 0 Å². The Bertz CT molecular complexity index is 548. The van der Waals surface area contributed by atoms with Crippen molar-refractivity contribution < 1.29 is 15.0 Å². The Kier molecular flexibility index (Phi) is 4.15. The lowest BCUT2D eigenvalue weighted by Crippen LogP contribution is -2.64. The highest BCUT2D eigenvalue weighted by atomic mass is 16.3. The Labute approximate surface area is 156 Å². The Morgan fingerprint density at radius 1 is 1.00 bits per heavy atom. The van der Waals surface area contributed by atoms with Gasteiger partial charge in [0.2, 0.25) is 0 Å². The molecule has 6 fully saturated rings. The molecule has 1 atom stereocenters. The summed E-state index contributed by atoms with van der Waals surface area (Å²) in [5.41, 5.74) is -1.91. The smallest absolute Gasteiger partial charge is 0.255 e. The second-order valence-electron chi connectivity index (χ2n) is 10.2. The highest BCUT2D eigenvalue weighted by molar-refractivity contribution is 5.86. The number of amides is 1. The summed E-state index contributed by atoms with van der Waals surface area (Å²) in [7, 11) is 0. The SMILES string of the molecule is O=C1N(CC2CC2)CCC[C@]1(O)CNCC1(O)C2CC3CC(C2)CC1C3. The molecule has 1 aliphatic heterocycles. The third-order valence-corrected chi connectivity index (χ3v) is 8.26. The molecule has 1 heterocycles. The second kappa shape index (κ2) is 6.18. The molecule has 1 amide bonds.